The van der Waals surface area contributed by atoms with Crippen LogP contribution in [-0.2, 0) is 4.79 Å². The third kappa shape index (κ3) is 3.94. The first-order chi connectivity index (χ1) is 20.0. The lowest BCUT2D eigenvalue weighted by atomic mass is 9.81. The van der Waals surface area contributed by atoms with Gasteiger partial charge in [0.25, 0.3) is 0 Å². The smallest absolute Gasteiger partial charge is 0.356 e. The van der Waals surface area contributed by atoms with E-state index in [0.29, 0.717) is 22.7 Å². The summed E-state index contributed by atoms with van der Waals surface area (Å²) in [6, 6.07) is 19.0. The lowest BCUT2D eigenvalue weighted by molar-refractivity contribution is -0.131. The van der Waals surface area contributed by atoms with Gasteiger partial charge in [-0.2, -0.15) is 4.68 Å². The molecular formula is C30H28N6O6. The molecule has 1 aliphatic rings. The van der Waals surface area contributed by atoms with E-state index in [1.165, 1.54) is 7.11 Å². The number of fused-ring (bicyclic) bond motifs is 3. The van der Waals surface area contributed by atoms with Crippen LogP contribution in [0, 0.1) is 5.41 Å². The fourth-order valence-electron chi connectivity index (χ4n) is 5.47. The van der Waals surface area contributed by atoms with Crippen LogP contribution in [0.4, 0.5) is 0 Å². The average Bonchev–Trinajstić information content (AvgIpc) is 3.42. The van der Waals surface area contributed by atoms with E-state index in [1.54, 1.807) is 99.6 Å². The Morgan fingerprint density at radius 2 is 1.38 bits per heavy atom. The largest absolute Gasteiger partial charge is 0.497 e. The third-order valence-corrected chi connectivity index (χ3v) is 7.45. The van der Waals surface area contributed by atoms with Crippen LogP contribution >= 0.6 is 0 Å². The topological polar surface area (TPSA) is 135 Å². The zero-order chi connectivity index (χ0) is 29.9. The van der Waals surface area contributed by atoms with Crippen LogP contribution in [0.3, 0.4) is 0 Å². The molecule has 214 valence electrons. The first kappa shape index (κ1) is 26.8. The number of carbonyl (C=O) groups excluding carboxylic acids is 1. The van der Waals surface area contributed by atoms with Crippen molar-refractivity contribution in [1.29, 1.82) is 0 Å². The molecule has 42 heavy (non-hydrogen) atoms. The molecule has 0 bridgehead atoms. The molecule has 0 saturated heterocycles. The number of rotatable bonds is 5. The Morgan fingerprint density at radius 3 is 1.95 bits per heavy atom. The van der Waals surface area contributed by atoms with E-state index in [9.17, 15) is 24.0 Å². The number of methoxy groups -OCH3 is 1. The Morgan fingerprint density at radius 1 is 0.786 bits per heavy atom. The highest BCUT2D eigenvalue weighted by Crippen LogP contribution is 2.41. The van der Waals surface area contributed by atoms with Gasteiger partial charge in [-0.15, -0.1) is 0 Å². The summed E-state index contributed by atoms with van der Waals surface area (Å²) in [4.78, 5) is 69.5. The Hall–Kier alpha value is -5.39. The molecule has 5 aromatic rings. The second-order valence-electron chi connectivity index (χ2n) is 11.1. The minimum atomic E-state index is -1.38. The average molecular weight is 569 g/mol. The fourth-order valence-corrected chi connectivity index (χ4v) is 5.47. The Balaban J connectivity index is 1.73. The van der Waals surface area contributed by atoms with Crippen molar-refractivity contribution in [2.45, 2.75) is 32.9 Å². The number of nitrogens with one attached hydrogen (secondary N) is 1. The zero-order valence-electron chi connectivity index (χ0n) is 23.3. The third-order valence-electron chi connectivity index (χ3n) is 7.45. The number of hydrogen-bond donors (Lipinski definition) is 1. The normalized spacial score (nSPS) is 16.1. The highest BCUT2D eigenvalue weighted by atomic mass is 16.5. The van der Waals surface area contributed by atoms with E-state index in [0.717, 1.165) is 23.2 Å². The van der Waals surface area contributed by atoms with Crippen molar-refractivity contribution in [2.75, 3.05) is 7.11 Å². The molecule has 2 atom stereocenters. The molecule has 0 saturated carbocycles. The second-order valence-corrected chi connectivity index (χ2v) is 11.1. The van der Waals surface area contributed by atoms with Gasteiger partial charge in [0, 0.05) is 17.0 Å². The quantitative estimate of drug-likeness (QED) is 0.345. The highest BCUT2D eigenvalue weighted by Gasteiger charge is 2.47. The number of aromatic nitrogens is 6. The van der Waals surface area contributed by atoms with Gasteiger partial charge in [-0.1, -0.05) is 63.2 Å². The molecule has 0 aliphatic carbocycles. The monoisotopic (exact) mass is 568 g/mol. The van der Waals surface area contributed by atoms with Crippen molar-refractivity contribution in [3.05, 3.63) is 126 Å². The van der Waals surface area contributed by atoms with E-state index in [4.69, 9.17) is 4.74 Å². The molecule has 12 nitrogen and oxygen atoms in total. The molecule has 1 aliphatic heterocycles. The van der Waals surface area contributed by atoms with E-state index in [2.05, 4.69) is 5.10 Å². The van der Waals surface area contributed by atoms with Crippen LogP contribution in [-0.4, -0.2) is 41.2 Å². The minimum Gasteiger partial charge on any atom is -0.497 e. The summed E-state index contributed by atoms with van der Waals surface area (Å²) in [5.41, 5.74) is -2.70. The molecule has 6 rings (SSSR count). The molecule has 0 fully saturated rings. The maximum absolute atomic E-state index is 14.3. The molecule has 3 aromatic carbocycles. The standard InChI is InChI=1S/C30H28N6O6/c1-30(2,3)25(37)24-23(34-27(39)32(26(38)31-34)18-11-7-5-8-12-18)21-16-15-20(42-4)17-22(21)35-28(40)33(29(41)36(24)35)19-13-9-6-10-14-19/h5-17,23-24H,1-4H3,(H,31,38). The first-order valence-electron chi connectivity index (χ1n) is 13.3. The Bertz CT molecular complexity index is 2070. The number of para-hydroxylation sites is 2. The molecule has 0 radical (unpaired) electrons. The predicted octanol–water partition coefficient (Wildman–Crippen LogP) is 2.20. The number of nitrogens with zero attached hydrogens (tertiary/aromatic N) is 5. The molecule has 3 heterocycles. The van der Waals surface area contributed by atoms with E-state index < -0.39 is 46.0 Å². The zero-order valence-corrected chi connectivity index (χ0v) is 23.3. The Kier molecular flexibility index (Phi) is 6.14. The lowest BCUT2D eigenvalue weighted by Crippen LogP contribution is -2.48. The van der Waals surface area contributed by atoms with E-state index in [1.807, 2.05) is 0 Å². The van der Waals surface area contributed by atoms with Gasteiger partial charge in [0.1, 0.15) is 17.8 Å². The summed E-state index contributed by atoms with van der Waals surface area (Å²) in [6.45, 7) is 5.08. The molecule has 12 heteroatoms. The summed E-state index contributed by atoms with van der Waals surface area (Å²) in [5.74, 6) is -0.0376. The molecule has 0 amide bonds. The summed E-state index contributed by atoms with van der Waals surface area (Å²) in [5, 5.41) is 2.61. The molecule has 0 spiro atoms. The van der Waals surface area contributed by atoms with E-state index >= 15 is 0 Å². The number of hydrogen-bond acceptors (Lipinski definition) is 6. The van der Waals surface area contributed by atoms with Crippen LogP contribution in [0.1, 0.15) is 38.4 Å². The van der Waals surface area contributed by atoms with Gasteiger partial charge < -0.3 is 4.74 Å². The molecule has 2 unspecified atom stereocenters. The van der Waals surface area contributed by atoms with Crippen LogP contribution in [0.2, 0.25) is 0 Å². The van der Waals surface area contributed by atoms with Gasteiger partial charge in [-0.05, 0) is 30.3 Å². The lowest BCUT2D eigenvalue weighted by Gasteiger charge is -2.36. The highest BCUT2D eigenvalue weighted by molar-refractivity contribution is 5.88. The number of carbonyl (C=O) groups is 1. The summed E-state index contributed by atoms with van der Waals surface area (Å²) in [6.07, 6.45) is 0. The van der Waals surface area contributed by atoms with Crippen LogP contribution in [0.5, 0.6) is 5.75 Å². The fraction of sp³-hybridized carbons (Fsp3) is 0.233. The number of benzene rings is 3. The molecular weight excluding hydrogens is 540 g/mol. The number of Topliss-reactive ketones (excluding diaryl/α,β-unsaturated/α-hetero) is 1. The number of H-pyrrole nitrogens is 1. The second kappa shape index (κ2) is 9.61. The van der Waals surface area contributed by atoms with Crippen molar-refractivity contribution in [3.8, 4) is 22.8 Å². The van der Waals surface area contributed by atoms with Crippen LogP contribution in [0.25, 0.3) is 17.1 Å². The van der Waals surface area contributed by atoms with Gasteiger partial charge in [0.2, 0.25) is 0 Å². The molecule has 2 aromatic heterocycles. The van der Waals surface area contributed by atoms with Crippen molar-refractivity contribution in [2.24, 2.45) is 5.41 Å². The van der Waals surface area contributed by atoms with Crippen LogP contribution in [0.15, 0.2) is 98.0 Å². The summed E-state index contributed by atoms with van der Waals surface area (Å²) >= 11 is 0. The summed E-state index contributed by atoms with van der Waals surface area (Å²) in [7, 11) is 1.46. The number of ether oxygens (including phenoxy) is 1. The van der Waals surface area contributed by atoms with Gasteiger partial charge in [-0.25, -0.2) is 42.8 Å². The van der Waals surface area contributed by atoms with Crippen molar-refractivity contribution < 1.29 is 9.53 Å². The van der Waals surface area contributed by atoms with Gasteiger partial charge in [0.15, 0.2) is 5.78 Å². The van der Waals surface area contributed by atoms with Gasteiger partial charge in [0.05, 0.1) is 24.2 Å². The van der Waals surface area contributed by atoms with Gasteiger partial charge >= 0.3 is 22.8 Å². The minimum absolute atomic E-state index is 0.231. The van der Waals surface area contributed by atoms with Crippen molar-refractivity contribution in [3.63, 3.8) is 0 Å². The number of aromatic amines is 1. The SMILES string of the molecule is COc1ccc2c(c1)-n1c(=O)n(-c3ccccc3)c(=O)n1C(C(=O)C(C)(C)C)C2n1[nH]c(=O)n(-c2ccccc2)c1=O. The van der Waals surface area contributed by atoms with Gasteiger partial charge in [-0.3, -0.25) is 4.79 Å². The molecule has 1 N–H and O–H groups in total. The summed E-state index contributed by atoms with van der Waals surface area (Å²) < 4.78 is 10.7. The van der Waals surface area contributed by atoms with Crippen molar-refractivity contribution in [1.82, 2.24) is 28.3 Å². The maximum atomic E-state index is 14.3. The predicted molar refractivity (Wildman–Crippen MR) is 154 cm³/mol. The van der Waals surface area contributed by atoms with E-state index in [-0.39, 0.29) is 5.69 Å². The number of ketones is 1. The first-order valence-corrected chi connectivity index (χ1v) is 13.3. The maximum Gasteiger partial charge on any atom is 0.356 e. The van der Waals surface area contributed by atoms with Crippen molar-refractivity contribution >= 4 is 5.78 Å². The Labute approximate surface area is 238 Å². The van der Waals surface area contributed by atoms with Crippen LogP contribution < -0.4 is 27.5 Å².